The predicted molar refractivity (Wildman–Crippen MR) is 78.5 cm³/mol. The summed E-state index contributed by atoms with van der Waals surface area (Å²) in [5, 5.41) is 2.82. The van der Waals surface area contributed by atoms with Crippen LogP contribution in [0.5, 0.6) is 0 Å². The summed E-state index contributed by atoms with van der Waals surface area (Å²) in [7, 11) is 0. The van der Waals surface area contributed by atoms with Gasteiger partial charge in [-0.05, 0) is 44.2 Å². The first-order chi connectivity index (χ1) is 9.60. The molecule has 0 aliphatic heterocycles. The normalized spacial score (nSPS) is 9.75. The molecule has 0 fully saturated rings. The third-order valence-corrected chi connectivity index (χ3v) is 2.76. The fraction of sp³-hybridized carbons (Fsp3) is 0.188. The van der Waals surface area contributed by atoms with Crippen LogP contribution in [-0.4, -0.2) is 12.5 Å². The summed E-state index contributed by atoms with van der Waals surface area (Å²) in [5.74, 6) is 6.86. The molecule has 0 spiro atoms. The Morgan fingerprint density at radius 2 is 2.00 bits per heavy atom. The van der Waals surface area contributed by atoms with E-state index < -0.39 is 0 Å². The highest BCUT2D eigenvalue weighted by molar-refractivity contribution is 6.05. The largest absolute Gasteiger partial charge is 0.466 e. The van der Waals surface area contributed by atoms with E-state index in [9.17, 15) is 4.79 Å². The van der Waals surface area contributed by atoms with Crippen molar-refractivity contribution in [1.82, 2.24) is 0 Å². The standard InChI is InChI=1S/C16H16N2O2/c1-11-10-15(12(2)20-11)16(19)18-14-7-5-13(6-8-14)4-3-9-17/h5-8,10H,9,17H2,1-2H3,(H,18,19). The second kappa shape index (κ2) is 6.09. The van der Waals surface area contributed by atoms with E-state index in [0.29, 0.717) is 23.6 Å². The molecule has 1 aromatic carbocycles. The summed E-state index contributed by atoms with van der Waals surface area (Å²) >= 11 is 0. The first kappa shape index (κ1) is 13.9. The van der Waals surface area contributed by atoms with Crippen LogP contribution in [0.1, 0.15) is 27.4 Å². The van der Waals surface area contributed by atoms with Gasteiger partial charge in [0.25, 0.3) is 5.91 Å². The predicted octanol–water partition coefficient (Wildman–Crippen LogP) is 2.46. The molecule has 0 saturated heterocycles. The second-order valence-corrected chi connectivity index (χ2v) is 4.36. The fourth-order valence-electron chi connectivity index (χ4n) is 1.84. The van der Waals surface area contributed by atoms with Gasteiger partial charge in [-0.15, -0.1) is 0 Å². The Morgan fingerprint density at radius 3 is 2.55 bits per heavy atom. The third-order valence-electron chi connectivity index (χ3n) is 2.76. The minimum Gasteiger partial charge on any atom is -0.466 e. The highest BCUT2D eigenvalue weighted by Gasteiger charge is 2.13. The van der Waals surface area contributed by atoms with Crippen LogP contribution in [-0.2, 0) is 0 Å². The molecular weight excluding hydrogens is 252 g/mol. The van der Waals surface area contributed by atoms with E-state index in [2.05, 4.69) is 17.2 Å². The molecule has 1 aromatic heterocycles. The zero-order valence-electron chi connectivity index (χ0n) is 11.5. The van der Waals surface area contributed by atoms with Crippen molar-refractivity contribution in [2.75, 3.05) is 11.9 Å². The first-order valence-corrected chi connectivity index (χ1v) is 6.27. The summed E-state index contributed by atoms with van der Waals surface area (Å²) in [6.45, 7) is 3.92. The molecule has 0 bridgehead atoms. The van der Waals surface area contributed by atoms with Gasteiger partial charge in [0, 0.05) is 11.3 Å². The Labute approximate surface area is 118 Å². The van der Waals surface area contributed by atoms with Gasteiger partial charge in [0.05, 0.1) is 12.1 Å². The average Bonchev–Trinajstić information content (AvgIpc) is 2.77. The van der Waals surface area contributed by atoms with Gasteiger partial charge in [-0.3, -0.25) is 4.79 Å². The van der Waals surface area contributed by atoms with Crippen LogP contribution < -0.4 is 11.1 Å². The molecule has 4 nitrogen and oxygen atoms in total. The van der Waals surface area contributed by atoms with Crippen LogP contribution in [0.2, 0.25) is 0 Å². The second-order valence-electron chi connectivity index (χ2n) is 4.36. The average molecular weight is 268 g/mol. The minimum atomic E-state index is -0.180. The molecule has 20 heavy (non-hydrogen) atoms. The maximum Gasteiger partial charge on any atom is 0.259 e. The molecule has 102 valence electrons. The van der Waals surface area contributed by atoms with Crippen LogP contribution in [0.25, 0.3) is 0 Å². The third kappa shape index (κ3) is 3.28. The van der Waals surface area contributed by atoms with Crippen molar-refractivity contribution >= 4 is 11.6 Å². The molecule has 2 rings (SSSR count). The van der Waals surface area contributed by atoms with Crippen molar-refractivity contribution in [3.8, 4) is 11.8 Å². The van der Waals surface area contributed by atoms with Crippen LogP contribution in [0.3, 0.4) is 0 Å². The van der Waals surface area contributed by atoms with E-state index in [4.69, 9.17) is 10.2 Å². The smallest absolute Gasteiger partial charge is 0.259 e. The highest BCUT2D eigenvalue weighted by atomic mass is 16.3. The van der Waals surface area contributed by atoms with Gasteiger partial charge < -0.3 is 15.5 Å². The topological polar surface area (TPSA) is 68.3 Å². The first-order valence-electron chi connectivity index (χ1n) is 6.27. The van der Waals surface area contributed by atoms with E-state index >= 15 is 0 Å². The Kier molecular flexibility index (Phi) is 4.24. The fourth-order valence-corrected chi connectivity index (χ4v) is 1.84. The molecule has 0 saturated carbocycles. The van der Waals surface area contributed by atoms with E-state index in [-0.39, 0.29) is 5.91 Å². The molecule has 0 aliphatic rings. The molecule has 1 amide bonds. The number of carbonyl (C=O) groups is 1. The molecule has 4 heteroatoms. The molecule has 0 atom stereocenters. The number of nitrogens with two attached hydrogens (primary N) is 1. The molecule has 3 N–H and O–H groups in total. The van der Waals surface area contributed by atoms with Crippen LogP contribution >= 0.6 is 0 Å². The van der Waals surface area contributed by atoms with Crippen molar-refractivity contribution in [1.29, 1.82) is 0 Å². The minimum absolute atomic E-state index is 0.180. The van der Waals surface area contributed by atoms with Crippen LogP contribution in [0.15, 0.2) is 34.7 Å². The number of nitrogens with one attached hydrogen (secondary N) is 1. The lowest BCUT2D eigenvalue weighted by molar-refractivity contribution is 0.102. The maximum atomic E-state index is 12.1. The van der Waals surface area contributed by atoms with E-state index in [1.807, 2.05) is 19.1 Å². The van der Waals surface area contributed by atoms with Gasteiger partial charge >= 0.3 is 0 Å². The number of hydrogen-bond acceptors (Lipinski definition) is 3. The van der Waals surface area contributed by atoms with E-state index in [1.165, 1.54) is 0 Å². The molecule has 0 unspecified atom stereocenters. The van der Waals surface area contributed by atoms with Crippen molar-refractivity contribution in [3.63, 3.8) is 0 Å². The summed E-state index contributed by atoms with van der Waals surface area (Å²) in [5.41, 5.74) is 7.44. The Morgan fingerprint density at radius 1 is 1.30 bits per heavy atom. The number of benzene rings is 1. The van der Waals surface area contributed by atoms with Gasteiger partial charge in [-0.2, -0.15) is 0 Å². The van der Waals surface area contributed by atoms with Crippen LogP contribution in [0.4, 0.5) is 5.69 Å². The monoisotopic (exact) mass is 268 g/mol. The number of anilines is 1. The number of rotatable bonds is 2. The zero-order chi connectivity index (χ0) is 14.5. The van der Waals surface area contributed by atoms with Crippen molar-refractivity contribution in [3.05, 3.63) is 53.0 Å². The van der Waals surface area contributed by atoms with Crippen LogP contribution in [0, 0.1) is 25.7 Å². The molecular formula is C16H16N2O2. The van der Waals surface area contributed by atoms with Gasteiger partial charge in [-0.1, -0.05) is 11.8 Å². The molecule has 1 heterocycles. The Hall–Kier alpha value is -2.51. The van der Waals surface area contributed by atoms with Gasteiger partial charge in [0.2, 0.25) is 0 Å². The SMILES string of the molecule is Cc1cc(C(=O)Nc2ccc(C#CCN)cc2)c(C)o1. The summed E-state index contributed by atoms with van der Waals surface area (Å²) in [6.07, 6.45) is 0. The van der Waals surface area contributed by atoms with Crippen molar-refractivity contribution in [2.24, 2.45) is 5.73 Å². The maximum absolute atomic E-state index is 12.1. The van der Waals surface area contributed by atoms with Gasteiger partial charge in [0.1, 0.15) is 11.5 Å². The summed E-state index contributed by atoms with van der Waals surface area (Å²) in [4.78, 5) is 12.1. The number of carbonyl (C=O) groups excluding carboxylic acids is 1. The quantitative estimate of drug-likeness (QED) is 0.822. The van der Waals surface area contributed by atoms with E-state index in [1.54, 1.807) is 25.1 Å². The zero-order valence-corrected chi connectivity index (χ0v) is 11.5. The lowest BCUT2D eigenvalue weighted by Crippen LogP contribution is -2.11. The lowest BCUT2D eigenvalue weighted by Gasteiger charge is -2.04. The van der Waals surface area contributed by atoms with Crippen molar-refractivity contribution in [2.45, 2.75) is 13.8 Å². The Bertz CT molecular complexity index is 673. The number of amides is 1. The summed E-state index contributed by atoms with van der Waals surface area (Å²) < 4.78 is 5.35. The van der Waals surface area contributed by atoms with Gasteiger partial charge in [0.15, 0.2) is 0 Å². The number of hydrogen-bond donors (Lipinski definition) is 2. The number of aryl methyl sites for hydroxylation is 2. The molecule has 0 aliphatic carbocycles. The van der Waals surface area contributed by atoms with Gasteiger partial charge in [-0.25, -0.2) is 0 Å². The number of furan rings is 1. The molecule has 0 radical (unpaired) electrons. The highest BCUT2D eigenvalue weighted by Crippen LogP contribution is 2.16. The summed E-state index contributed by atoms with van der Waals surface area (Å²) in [6, 6.07) is 9.02. The molecule has 2 aromatic rings. The van der Waals surface area contributed by atoms with E-state index in [0.717, 1.165) is 11.3 Å². The lowest BCUT2D eigenvalue weighted by atomic mass is 10.2. The Balaban J connectivity index is 2.10. The van der Waals surface area contributed by atoms with Crippen molar-refractivity contribution < 1.29 is 9.21 Å².